The van der Waals surface area contributed by atoms with Crippen LogP contribution < -0.4 is 10.6 Å². The molecule has 0 aromatic carbocycles. The third-order valence-corrected chi connectivity index (χ3v) is 13.0. The van der Waals surface area contributed by atoms with Gasteiger partial charge in [0.15, 0.2) is 0 Å². The van der Waals surface area contributed by atoms with Crippen LogP contribution in [0.2, 0.25) is 0 Å². The average Bonchev–Trinajstić information content (AvgIpc) is 3.27. The van der Waals surface area contributed by atoms with Crippen LogP contribution in [0, 0.1) is 46.3 Å². The van der Waals surface area contributed by atoms with Crippen LogP contribution in [0.4, 0.5) is 4.79 Å². The van der Waals surface area contributed by atoms with Gasteiger partial charge in [-0.25, -0.2) is 4.79 Å². The van der Waals surface area contributed by atoms with E-state index in [-0.39, 0.29) is 1520 Å². The average molecular weight is 4700 g/mol. The van der Waals surface area contributed by atoms with Gasteiger partial charge in [0, 0.05) is 1520 Å². The van der Waals surface area contributed by atoms with Gasteiger partial charge in [-0.2, -0.15) is 0 Å². The van der Waals surface area contributed by atoms with E-state index >= 15 is 0 Å². The molecule has 9 atom stereocenters. The van der Waals surface area contributed by atoms with Crippen LogP contribution in [-0.4, -0.2) is 36.8 Å². The number of unbranched alkanes of at least 4 members (excludes halogenated alkanes) is 3. The molecule has 3 N–H and O–H groups in total. The summed E-state index contributed by atoms with van der Waals surface area (Å²) in [5.74, 6) is 5.14. The molecular weight excluding hydrogens is 4630 g/mol. The van der Waals surface area contributed by atoms with E-state index in [0.717, 1.165) is 74.0 Å². The first kappa shape index (κ1) is 287. The van der Waals surface area contributed by atoms with Gasteiger partial charge in [0.25, 0.3) is 0 Å². The second-order valence-electron chi connectivity index (χ2n) is 15.7. The quantitative estimate of drug-likeness (QED) is 0.0922. The second-order valence-corrected chi connectivity index (χ2v) is 17.5. The van der Waals surface area contributed by atoms with Crippen molar-refractivity contribution in [2.75, 3.05) is 19.8 Å². The molecule has 2 amide bonds. The summed E-state index contributed by atoms with van der Waals surface area (Å²) < 4.78 is 16.1. The van der Waals surface area contributed by atoms with Crippen LogP contribution in [0.15, 0.2) is 11.6 Å². The van der Waals surface area contributed by atoms with Crippen molar-refractivity contribution in [1.82, 2.24) is 10.6 Å². The Balaban J connectivity index is -0.0000000107. The van der Waals surface area contributed by atoms with Crippen molar-refractivity contribution in [3.05, 3.63) is 11.6 Å². The Labute approximate surface area is 1700 Å². The molecular formula is C35H63N2O4PY46. The Kier molecular flexibility index (Phi) is 614. The van der Waals surface area contributed by atoms with Crippen LogP contribution in [-0.2, 0) is 1510 Å². The monoisotopic (exact) mass is 4700 g/mol. The number of allylic oxidation sites excluding steroid dienone is 1. The van der Waals surface area contributed by atoms with Gasteiger partial charge < -0.3 is 20.1 Å². The summed E-state index contributed by atoms with van der Waals surface area (Å²) in [6.45, 7) is 14.7. The molecule has 3 saturated carbocycles. The molecule has 0 saturated heterocycles. The number of carbonyl (C=O) groups is 1. The standard InChI is InChI=1S/C35H63N2O4P.46Y/c1-25(2)12-11-13-26(3)30-16-17-31-29-15-14-27-24-28(18-20-34(27,4)32(29)19-21-35(30,31)5)37-33(38)36-22-9-7-8-10-23-41-42(6,39)40;;;;;;;;;;;;;;;;;;;;;;;;;;;;;;;;;;;;;;;;;;;;;;/h14,25-26,28-32H,7-13,15-24H2,1-6H3,(H,39,40)(H2,36,37,38);;;;;;;;;;;;;;;;;;;;;;;;;;;;;;;;;;;;;;;;;;;;;;/t26-,28+,29+,30-,31+,32+,34+,35-;;;;;;;;;;;;;;;;;;;;;;;;;;;;;;;;;;;;;;;;;;;;;;/m1............................................../s1. The zero-order chi connectivity index (χ0) is 30.5. The summed E-state index contributed by atoms with van der Waals surface area (Å²) in [6, 6.07) is 0.194. The van der Waals surface area contributed by atoms with Gasteiger partial charge in [-0.15, -0.1) is 0 Å². The SMILES string of the molecule is CC(C)CCC[C@@H](C)[C@H]1CC[C@H]2[C@@H]3CC=C4C[C@@H](NC(=O)NCCCCCCOP(C)(=O)O)CC[C@]4(C)[C@H]3CC[C@]12C.[Y].[Y].[Y].[Y].[Y].[Y].[Y].[Y].[Y].[Y].[Y].[Y].[Y].[Y].[Y].[Y].[Y].[Y].[Y].[Y].[Y].[Y].[Y].[Y].[Y].[Y].[Y].[Y].[Y].[Y].[Y].[Y].[Y].[Y].[Y].[Y].[Y].[Y].[Y].[Y].[Y].[Y].[Y].[Y].[Y].[Y]. The summed E-state index contributed by atoms with van der Waals surface area (Å²) >= 11 is 0. The molecule has 6 nitrogen and oxygen atoms in total. The fourth-order valence-corrected chi connectivity index (χ4v) is 10.5. The number of urea groups is 1. The number of nitrogens with one attached hydrogen (secondary N) is 2. The van der Waals surface area contributed by atoms with Gasteiger partial charge >= 0.3 is 13.6 Å². The first-order valence-corrected chi connectivity index (χ1v) is 19.5. The van der Waals surface area contributed by atoms with Gasteiger partial charge in [0.1, 0.15) is 0 Å². The molecule has 4 aliphatic carbocycles. The number of rotatable bonds is 14. The van der Waals surface area contributed by atoms with Gasteiger partial charge in [0.2, 0.25) is 0 Å². The van der Waals surface area contributed by atoms with E-state index in [1.54, 1.807) is 5.57 Å². The maximum Gasteiger partial charge on any atom is 0.325 e. The number of fused-ring (bicyclic) bond motifs is 5. The molecule has 4 aliphatic rings. The number of carbonyl (C=O) groups excluding carboxylic acids is 1. The van der Waals surface area contributed by atoms with Crippen molar-refractivity contribution in [3.8, 4) is 0 Å². The molecule has 53 heteroatoms. The Morgan fingerprint density at radius 1 is 0.500 bits per heavy atom. The molecule has 0 heterocycles. The van der Waals surface area contributed by atoms with E-state index in [9.17, 15) is 9.36 Å². The Morgan fingerprint density at radius 2 is 0.864 bits per heavy atom. The maximum atomic E-state index is 12.6. The topological polar surface area (TPSA) is 87.7 Å². The molecule has 0 spiro atoms. The summed E-state index contributed by atoms with van der Waals surface area (Å²) in [4.78, 5) is 21.8. The summed E-state index contributed by atoms with van der Waals surface area (Å²) in [5.41, 5.74) is 2.47. The molecule has 4 rings (SSSR count). The van der Waals surface area contributed by atoms with Crippen LogP contribution in [0.25, 0.3) is 0 Å². The van der Waals surface area contributed by atoms with Gasteiger partial charge in [-0.1, -0.05) is 78.4 Å². The van der Waals surface area contributed by atoms with E-state index in [2.05, 4.69) is 51.3 Å². The number of hydrogen-bond acceptors (Lipinski definition) is 3. The van der Waals surface area contributed by atoms with Crippen molar-refractivity contribution >= 4 is 13.6 Å². The molecule has 0 aromatic heterocycles. The second kappa shape index (κ2) is 188. The molecule has 0 bridgehead atoms. The zero-order valence-electron chi connectivity index (χ0n) is 54.3. The maximum absolute atomic E-state index is 12.6. The first-order valence-electron chi connectivity index (χ1n) is 17.5. The fraction of sp³-hybridized carbons (Fsp3) is 0.914. The third kappa shape index (κ3) is 138. The van der Waals surface area contributed by atoms with Crippen LogP contribution in [0.1, 0.15) is 131 Å². The van der Waals surface area contributed by atoms with E-state index in [1.807, 2.05) is 0 Å². The Bertz CT molecular complexity index is 1070. The van der Waals surface area contributed by atoms with E-state index in [1.165, 1.54) is 64.5 Å². The Morgan fingerprint density at radius 3 is 1.22 bits per heavy atom. The summed E-state index contributed by atoms with van der Waals surface area (Å²) in [6.07, 6.45) is 20.6. The minimum absolute atomic E-state index is 0. The zero-order valence-corrected chi connectivity index (χ0v) is 186. The number of hydrogen-bond donors (Lipinski definition) is 3. The van der Waals surface area contributed by atoms with Crippen molar-refractivity contribution < 1.29 is 1520 Å². The molecule has 380 valence electrons. The summed E-state index contributed by atoms with van der Waals surface area (Å²) in [7, 11) is -3.37. The van der Waals surface area contributed by atoms with E-state index in [0.29, 0.717) is 24.0 Å². The fourth-order valence-electron chi connectivity index (χ4n) is 10.1. The van der Waals surface area contributed by atoms with Crippen molar-refractivity contribution in [2.45, 2.75) is 137 Å². The molecule has 46 radical (unpaired) electrons. The van der Waals surface area contributed by atoms with Crippen molar-refractivity contribution in [1.29, 1.82) is 0 Å². The molecule has 0 aromatic rings. The van der Waals surface area contributed by atoms with E-state index in [4.69, 9.17) is 9.42 Å². The predicted octanol–water partition coefficient (Wildman–Crippen LogP) is 8.97. The normalized spacial score (nSPS) is 17.3. The molecule has 1 unspecified atom stereocenters. The summed E-state index contributed by atoms with van der Waals surface area (Å²) in [5, 5.41) is 6.33. The van der Waals surface area contributed by atoms with Crippen molar-refractivity contribution in [3.63, 3.8) is 0 Å². The number of amides is 2. The van der Waals surface area contributed by atoms with Crippen LogP contribution in [0.5, 0.6) is 0 Å². The van der Waals surface area contributed by atoms with Gasteiger partial charge in [-0.05, 0) is 111 Å². The smallest absolute Gasteiger partial charge is 0.325 e. The Hall–Kier alpha value is 49.9. The van der Waals surface area contributed by atoms with E-state index < -0.39 is 7.60 Å². The minimum Gasteiger partial charge on any atom is -0.338 e. The molecule has 0 aliphatic heterocycles. The van der Waals surface area contributed by atoms with Gasteiger partial charge in [-0.3, -0.25) is 4.57 Å². The first-order chi connectivity index (χ1) is 19.8. The molecule has 88 heavy (non-hydrogen) atoms. The predicted molar refractivity (Wildman–Crippen MR) is 174 cm³/mol. The van der Waals surface area contributed by atoms with Crippen LogP contribution >= 0.6 is 7.60 Å². The minimum atomic E-state index is -3.37. The van der Waals surface area contributed by atoms with Crippen molar-refractivity contribution in [2.24, 2.45) is 46.3 Å². The molecule has 3 fully saturated rings. The van der Waals surface area contributed by atoms with Crippen LogP contribution in [0.3, 0.4) is 0 Å². The largest absolute Gasteiger partial charge is 0.338 e. The van der Waals surface area contributed by atoms with Gasteiger partial charge in [0.05, 0.1) is 6.61 Å². The third-order valence-electron chi connectivity index (χ3n) is 12.3.